The van der Waals surface area contributed by atoms with Crippen LogP contribution in [0.3, 0.4) is 0 Å². The van der Waals surface area contributed by atoms with Gasteiger partial charge in [0.2, 0.25) is 0 Å². The fraction of sp³-hybridized carbons (Fsp3) is 0.857. The van der Waals surface area contributed by atoms with Crippen molar-refractivity contribution in [3.8, 4) is 0 Å². The number of hydrogen-bond donors (Lipinski definition) is 1. The Hall–Kier alpha value is -0.280. The van der Waals surface area contributed by atoms with E-state index in [-0.39, 0.29) is 5.88 Å². The first kappa shape index (κ1) is 10.7. The van der Waals surface area contributed by atoms with Crippen LogP contribution in [0.5, 0.6) is 0 Å². The third-order valence-corrected chi connectivity index (χ3v) is 1.19. The number of carboxylic acid groups (broad SMARTS) is 1. The van der Waals surface area contributed by atoms with E-state index in [9.17, 15) is 4.79 Å². The topological polar surface area (TPSA) is 46.5 Å². The minimum absolute atomic E-state index is 0.0212. The van der Waals surface area contributed by atoms with Crippen molar-refractivity contribution in [2.45, 2.75) is 32.5 Å². The van der Waals surface area contributed by atoms with Crippen molar-refractivity contribution in [2.24, 2.45) is 0 Å². The van der Waals surface area contributed by atoms with Crippen molar-refractivity contribution in [1.82, 2.24) is 0 Å². The number of carbonyl (C=O) groups is 1. The van der Waals surface area contributed by atoms with E-state index < -0.39 is 17.7 Å². The van der Waals surface area contributed by atoms with Gasteiger partial charge in [-0.3, -0.25) is 0 Å². The van der Waals surface area contributed by atoms with Gasteiger partial charge in [-0.2, -0.15) is 0 Å². The van der Waals surface area contributed by atoms with Crippen LogP contribution < -0.4 is 0 Å². The fourth-order valence-corrected chi connectivity index (χ4v) is 0.770. The van der Waals surface area contributed by atoms with Crippen molar-refractivity contribution in [3.05, 3.63) is 0 Å². The molecule has 3 nitrogen and oxygen atoms in total. The summed E-state index contributed by atoms with van der Waals surface area (Å²) in [5, 5.41) is 8.53. The summed E-state index contributed by atoms with van der Waals surface area (Å²) in [6.07, 6.45) is -0.906. The molecule has 0 fully saturated rings. The van der Waals surface area contributed by atoms with Gasteiger partial charge in [0.15, 0.2) is 6.10 Å². The van der Waals surface area contributed by atoms with Gasteiger partial charge in [0.05, 0.1) is 11.5 Å². The molecule has 0 bridgehead atoms. The number of carboxylic acids is 1. The van der Waals surface area contributed by atoms with Crippen molar-refractivity contribution >= 4 is 17.6 Å². The molecule has 0 spiro atoms. The Bertz CT molecular complexity index is 139. The molecular weight excluding hydrogens is 168 g/mol. The van der Waals surface area contributed by atoms with Crippen molar-refractivity contribution in [2.75, 3.05) is 5.88 Å². The molecule has 4 heteroatoms. The van der Waals surface area contributed by atoms with Crippen molar-refractivity contribution < 1.29 is 14.6 Å². The van der Waals surface area contributed by atoms with Gasteiger partial charge >= 0.3 is 5.97 Å². The van der Waals surface area contributed by atoms with Gasteiger partial charge in [0, 0.05) is 0 Å². The monoisotopic (exact) mass is 180 g/mol. The summed E-state index contributed by atoms with van der Waals surface area (Å²) >= 11 is 5.36. The molecular formula is C7H13ClO3. The molecule has 0 amide bonds. The van der Waals surface area contributed by atoms with E-state index in [4.69, 9.17) is 21.4 Å². The molecule has 0 radical (unpaired) electrons. The number of halogens is 1. The average Bonchev–Trinajstić information content (AvgIpc) is 1.80. The highest BCUT2D eigenvalue weighted by molar-refractivity contribution is 6.19. The first-order valence-corrected chi connectivity index (χ1v) is 3.87. The second-order valence-corrected chi connectivity index (χ2v) is 3.52. The Labute approximate surface area is 71.3 Å². The van der Waals surface area contributed by atoms with Gasteiger partial charge in [-0.15, -0.1) is 11.6 Å². The average molecular weight is 181 g/mol. The van der Waals surface area contributed by atoms with Crippen molar-refractivity contribution in [3.63, 3.8) is 0 Å². The normalized spacial score (nSPS) is 14.5. The van der Waals surface area contributed by atoms with E-state index in [2.05, 4.69) is 0 Å². The van der Waals surface area contributed by atoms with Gasteiger partial charge in [-0.1, -0.05) is 0 Å². The Morgan fingerprint density at radius 3 is 2.18 bits per heavy atom. The Balaban J connectivity index is 3.99. The van der Waals surface area contributed by atoms with E-state index in [1.54, 1.807) is 20.8 Å². The predicted octanol–water partition coefficient (Wildman–Crippen LogP) is 1.49. The van der Waals surface area contributed by atoms with E-state index >= 15 is 0 Å². The van der Waals surface area contributed by atoms with Crippen LogP contribution in [0.25, 0.3) is 0 Å². The molecule has 0 heterocycles. The van der Waals surface area contributed by atoms with Gasteiger partial charge < -0.3 is 9.84 Å². The Kier molecular flexibility index (Phi) is 3.83. The van der Waals surface area contributed by atoms with Gasteiger partial charge in [0.25, 0.3) is 0 Å². The van der Waals surface area contributed by atoms with E-state index in [1.807, 2.05) is 0 Å². The molecule has 0 aliphatic rings. The van der Waals surface area contributed by atoms with Crippen LogP contribution in [-0.2, 0) is 9.53 Å². The second kappa shape index (κ2) is 3.93. The van der Waals surface area contributed by atoms with Crippen LogP contribution >= 0.6 is 11.6 Å². The van der Waals surface area contributed by atoms with Gasteiger partial charge in [-0.25, -0.2) is 4.79 Å². The third-order valence-electron chi connectivity index (χ3n) is 0.911. The summed E-state index contributed by atoms with van der Waals surface area (Å²) < 4.78 is 5.12. The van der Waals surface area contributed by atoms with Crippen LogP contribution in [0.15, 0.2) is 0 Å². The standard InChI is InChI=1S/C7H13ClO3/c1-7(2,3)11-5(4-8)6(9)10/h5H,4H2,1-3H3,(H,9,10). The minimum atomic E-state index is -1.02. The van der Waals surface area contributed by atoms with Crippen LogP contribution in [-0.4, -0.2) is 28.7 Å². The molecule has 1 unspecified atom stereocenters. The lowest BCUT2D eigenvalue weighted by Gasteiger charge is -2.23. The smallest absolute Gasteiger partial charge is 0.334 e. The van der Waals surface area contributed by atoms with Crippen LogP contribution in [0.4, 0.5) is 0 Å². The largest absolute Gasteiger partial charge is 0.479 e. The lowest BCUT2D eigenvalue weighted by molar-refractivity contribution is -0.157. The number of ether oxygens (including phenoxy) is 1. The number of alkyl halides is 1. The molecule has 0 aromatic carbocycles. The zero-order valence-corrected chi connectivity index (χ0v) is 7.68. The number of hydrogen-bond acceptors (Lipinski definition) is 2. The molecule has 0 aromatic heterocycles. The minimum Gasteiger partial charge on any atom is -0.479 e. The van der Waals surface area contributed by atoms with Crippen LogP contribution in [0, 0.1) is 0 Å². The van der Waals surface area contributed by atoms with Crippen LogP contribution in [0.2, 0.25) is 0 Å². The fourth-order valence-electron chi connectivity index (χ4n) is 0.575. The summed E-state index contributed by atoms with van der Waals surface area (Å²) in [4.78, 5) is 10.4. The maximum atomic E-state index is 10.4. The molecule has 0 saturated heterocycles. The molecule has 0 aliphatic heterocycles. The quantitative estimate of drug-likeness (QED) is 0.670. The molecule has 66 valence electrons. The molecule has 0 aliphatic carbocycles. The first-order chi connectivity index (χ1) is 4.87. The third kappa shape index (κ3) is 5.04. The molecule has 0 aromatic rings. The zero-order chi connectivity index (χ0) is 9.07. The Morgan fingerprint density at radius 1 is 1.64 bits per heavy atom. The SMILES string of the molecule is CC(C)(C)OC(CCl)C(=O)O. The lowest BCUT2D eigenvalue weighted by atomic mass is 10.2. The van der Waals surface area contributed by atoms with Gasteiger partial charge in [0.1, 0.15) is 0 Å². The highest BCUT2D eigenvalue weighted by Crippen LogP contribution is 2.11. The van der Waals surface area contributed by atoms with Crippen LogP contribution in [0.1, 0.15) is 20.8 Å². The van der Waals surface area contributed by atoms with Gasteiger partial charge in [-0.05, 0) is 20.8 Å². The highest BCUT2D eigenvalue weighted by atomic mass is 35.5. The highest BCUT2D eigenvalue weighted by Gasteiger charge is 2.23. The summed E-state index contributed by atoms with van der Waals surface area (Å²) in [6, 6.07) is 0. The molecule has 0 rings (SSSR count). The second-order valence-electron chi connectivity index (χ2n) is 3.21. The molecule has 11 heavy (non-hydrogen) atoms. The first-order valence-electron chi connectivity index (χ1n) is 3.33. The van der Waals surface area contributed by atoms with E-state index in [0.717, 1.165) is 0 Å². The Morgan fingerprint density at radius 2 is 2.09 bits per heavy atom. The predicted molar refractivity (Wildman–Crippen MR) is 43.0 cm³/mol. The summed E-state index contributed by atoms with van der Waals surface area (Å²) in [5.74, 6) is -1.04. The molecule has 1 N–H and O–H groups in total. The maximum absolute atomic E-state index is 10.4. The van der Waals surface area contributed by atoms with E-state index in [0.29, 0.717) is 0 Å². The zero-order valence-electron chi connectivity index (χ0n) is 6.93. The summed E-state index contributed by atoms with van der Waals surface area (Å²) in [7, 11) is 0. The number of rotatable bonds is 3. The van der Waals surface area contributed by atoms with E-state index in [1.165, 1.54) is 0 Å². The molecule has 1 atom stereocenters. The summed E-state index contributed by atoms with van der Waals surface area (Å²) in [5.41, 5.74) is -0.460. The molecule has 0 saturated carbocycles. The summed E-state index contributed by atoms with van der Waals surface area (Å²) in [6.45, 7) is 5.36. The number of aliphatic carboxylic acids is 1. The van der Waals surface area contributed by atoms with Crippen molar-refractivity contribution in [1.29, 1.82) is 0 Å². The maximum Gasteiger partial charge on any atom is 0.334 e. The lowest BCUT2D eigenvalue weighted by Crippen LogP contribution is -2.34.